The van der Waals surface area contributed by atoms with Gasteiger partial charge < -0.3 is 5.11 Å². The van der Waals surface area contributed by atoms with Gasteiger partial charge in [-0.25, -0.2) is 0 Å². The average molecular weight is 311 g/mol. The highest BCUT2D eigenvalue weighted by Crippen LogP contribution is 2.25. The first-order valence-electron chi connectivity index (χ1n) is 5.16. The lowest BCUT2D eigenvalue weighted by Crippen LogP contribution is -2.14. The van der Waals surface area contributed by atoms with E-state index in [1.807, 2.05) is 41.1 Å². The second-order valence-electron chi connectivity index (χ2n) is 3.78. The fourth-order valence-electron chi connectivity index (χ4n) is 1.72. The zero-order valence-electron chi connectivity index (χ0n) is 8.97. The molecule has 17 heavy (non-hydrogen) atoms. The average Bonchev–Trinajstić information content (AvgIpc) is 2.78. The van der Waals surface area contributed by atoms with E-state index in [9.17, 15) is 9.90 Å². The summed E-state index contributed by atoms with van der Waals surface area (Å²) in [5.74, 6) is -1.27. The molecule has 0 saturated carbocycles. The van der Waals surface area contributed by atoms with Crippen LogP contribution in [0.25, 0.3) is 0 Å². The van der Waals surface area contributed by atoms with Crippen LogP contribution in [0.15, 0.2) is 45.6 Å². The highest BCUT2D eigenvalue weighted by molar-refractivity contribution is 9.10. The van der Waals surface area contributed by atoms with E-state index in [4.69, 9.17) is 0 Å². The van der Waals surface area contributed by atoms with E-state index in [1.165, 1.54) is 0 Å². The number of benzene rings is 1. The monoisotopic (exact) mass is 310 g/mol. The molecule has 1 aromatic carbocycles. The van der Waals surface area contributed by atoms with Crippen molar-refractivity contribution in [1.82, 2.24) is 0 Å². The maximum Gasteiger partial charge on any atom is 0.311 e. The molecule has 0 aliphatic carbocycles. The van der Waals surface area contributed by atoms with Gasteiger partial charge in [0.2, 0.25) is 0 Å². The Bertz CT molecular complexity index is 508. The minimum atomic E-state index is -0.783. The van der Waals surface area contributed by atoms with E-state index >= 15 is 0 Å². The van der Waals surface area contributed by atoms with Gasteiger partial charge in [0.1, 0.15) is 0 Å². The number of hydrogen-bond acceptors (Lipinski definition) is 2. The van der Waals surface area contributed by atoms with Crippen LogP contribution in [0.4, 0.5) is 0 Å². The third-order valence-corrected chi connectivity index (χ3v) is 3.79. The Kier molecular flexibility index (Phi) is 3.97. The molecule has 0 radical (unpaired) electrons. The van der Waals surface area contributed by atoms with Gasteiger partial charge >= 0.3 is 5.97 Å². The first-order chi connectivity index (χ1) is 8.16. The van der Waals surface area contributed by atoms with Crippen molar-refractivity contribution in [3.8, 4) is 0 Å². The van der Waals surface area contributed by atoms with Crippen LogP contribution in [0.2, 0.25) is 0 Å². The van der Waals surface area contributed by atoms with Crippen LogP contribution in [0, 0.1) is 0 Å². The molecule has 1 heterocycles. The zero-order valence-corrected chi connectivity index (χ0v) is 11.4. The predicted octanol–water partition coefficient (Wildman–Crippen LogP) is 3.92. The molecule has 1 aromatic heterocycles. The lowest BCUT2D eigenvalue weighted by molar-refractivity contribution is -0.138. The standard InChI is InChI=1S/C13H11BrO2S/c14-11-3-1-2-10(7-11)12(13(15)16)6-9-4-5-17-8-9/h1-5,7-8,12H,6H2,(H,15,16). The van der Waals surface area contributed by atoms with Crippen LogP contribution in [0.1, 0.15) is 17.0 Å². The van der Waals surface area contributed by atoms with Gasteiger partial charge in [0.25, 0.3) is 0 Å². The molecule has 0 spiro atoms. The van der Waals surface area contributed by atoms with E-state index in [1.54, 1.807) is 11.3 Å². The number of rotatable bonds is 4. The number of thiophene rings is 1. The number of carbonyl (C=O) groups is 1. The van der Waals surface area contributed by atoms with Crippen molar-refractivity contribution in [2.45, 2.75) is 12.3 Å². The molecule has 0 bridgehead atoms. The van der Waals surface area contributed by atoms with E-state index in [0.717, 1.165) is 15.6 Å². The van der Waals surface area contributed by atoms with E-state index in [2.05, 4.69) is 15.9 Å². The maximum atomic E-state index is 11.3. The molecule has 0 amide bonds. The number of aliphatic carboxylic acids is 1. The fourth-order valence-corrected chi connectivity index (χ4v) is 2.81. The summed E-state index contributed by atoms with van der Waals surface area (Å²) < 4.78 is 0.909. The smallest absolute Gasteiger partial charge is 0.311 e. The number of carboxylic acid groups (broad SMARTS) is 1. The van der Waals surface area contributed by atoms with Crippen LogP contribution in [0.3, 0.4) is 0 Å². The van der Waals surface area contributed by atoms with Gasteiger partial charge in [-0.15, -0.1) is 0 Å². The summed E-state index contributed by atoms with van der Waals surface area (Å²) in [4.78, 5) is 11.3. The third-order valence-electron chi connectivity index (χ3n) is 2.57. The van der Waals surface area contributed by atoms with Crippen LogP contribution in [-0.4, -0.2) is 11.1 Å². The van der Waals surface area contributed by atoms with Crippen molar-refractivity contribution in [2.75, 3.05) is 0 Å². The lowest BCUT2D eigenvalue weighted by atomic mass is 9.93. The van der Waals surface area contributed by atoms with Crippen molar-refractivity contribution in [1.29, 1.82) is 0 Å². The van der Waals surface area contributed by atoms with E-state index in [0.29, 0.717) is 6.42 Å². The fraction of sp³-hybridized carbons (Fsp3) is 0.154. The SMILES string of the molecule is O=C(O)C(Cc1ccsc1)c1cccc(Br)c1. The molecule has 4 heteroatoms. The maximum absolute atomic E-state index is 11.3. The van der Waals surface area contributed by atoms with Crippen LogP contribution < -0.4 is 0 Å². The molecule has 88 valence electrons. The molecule has 0 saturated heterocycles. The molecular weight excluding hydrogens is 300 g/mol. The van der Waals surface area contributed by atoms with Gasteiger partial charge in [-0.3, -0.25) is 4.79 Å². The normalized spacial score (nSPS) is 12.3. The van der Waals surface area contributed by atoms with Crippen molar-refractivity contribution in [2.24, 2.45) is 0 Å². The van der Waals surface area contributed by atoms with Gasteiger partial charge in [-0.05, 0) is 46.5 Å². The summed E-state index contributed by atoms with van der Waals surface area (Å²) in [7, 11) is 0. The summed E-state index contributed by atoms with van der Waals surface area (Å²) in [5.41, 5.74) is 1.90. The Balaban J connectivity index is 2.26. The number of hydrogen-bond donors (Lipinski definition) is 1. The molecule has 1 N–H and O–H groups in total. The second-order valence-corrected chi connectivity index (χ2v) is 5.48. The van der Waals surface area contributed by atoms with Crippen LogP contribution >= 0.6 is 27.3 Å². The lowest BCUT2D eigenvalue weighted by Gasteiger charge is -2.12. The molecule has 0 aliphatic heterocycles. The van der Waals surface area contributed by atoms with Crippen molar-refractivity contribution < 1.29 is 9.90 Å². The highest BCUT2D eigenvalue weighted by Gasteiger charge is 2.20. The van der Waals surface area contributed by atoms with Crippen molar-refractivity contribution in [3.05, 3.63) is 56.7 Å². The molecule has 2 aromatic rings. The Morgan fingerprint density at radius 3 is 2.82 bits per heavy atom. The van der Waals surface area contributed by atoms with Crippen LogP contribution in [-0.2, 0) is 11.2 Å². The van der Waals surface area contributed by atoms with Crippen molar-refractivity contribution in [3.63, 3.8) is 0 Å². The Morgan fingerprint density at radius 2 is 2.24 bits per heavy atom. The summed E-state index contributed by atoms with van der Waals surface area (Å²) >= 11 is 4.96. The topological polar surface area (TPSA) is 37.3 Å². The predicted molar refractivity (Wildman–Crippen MR) is 72.5 cm³/mol. The molecule has 2 rings (SSSR count). The Hall–Kier alpha value is -1.13. The Morgan fingerprint density at radius 1 is 1.41 bits per heavy atom. The first kappa shape index (κ1) is 12.3. The molecule has 1 atom stereocenters. The van der Waals surface area contributed by atoms with Gasteiger partial charge in [-0.2, -0.15) is 11.3 Å². The quantitative estimate of drug-likeness (QED) is 0.929. The summed E-state index contributed by atoms with van der Waals surface area (Å²) in [6.07, 6.45) is 0.537. The molecule has 0 aliphatic rings. The van der Waals surface area contributed by atoms with Gasteiger partial charge in [0.15, 0.2) is 0 Å². The molecule has 2 nitrogen and oxygen atoms in total. The summed E-state index contributed by atoms with van der Waals surface area (Å²) in [5, 5.41) is 13.3. The van der Waals surface area contributed by atoms with Crippen LogP contribution in [0.5, 0.6) is 0 Å². The minimum Gasteiger partial charge on any atom is -0.481 e. The van der Waals surface area contributed by atoms with Gasteiger partial charge in [0, 0.05) is 4.47 Å². The zero-order chi connectivity index (χ0) is 12.3. The Labute approximate surface area is 112 Å². The number of halogens is 1. The van der Waals surface area contributed by atoms with Gasteiger partial charge in [-0.1, -0.05) is 28.1 Å². The van der Waals surface area contributed by atoms with E-state index < -0.39 is 11.9 Å². The minimum absolute atomic E-state index is 0.484. The summed E-state index contributed by atoms with van der Waals surface area (Å²) in [6.45, 7) is 0. The molecule has 0 fully saturated rings. The third kappa shape index (κ3) is 3.17. The first-order valence-corrected chi connectivity index (χ1v) is 6.90. The van der Waals surface area contributed by atoms with Gasteiger partial charge in [0.05, 0.1) is 5.92 Å². The second kappa shape index (κ2) is 5.47. The van der Waals surface area contributed by atoms with Crippen molar-refractivity contribution >= 4 is 33.2 Å². The molecule has 1 unspecified atom stereocenters. The number of carboxylic acids is 1. The highest BCUT2D eigenvalue weighted by atomic mass is 79.9. The summed E-state index contributed by atoms with van der Waals surface area (Å²) in [6, 6.07) is 9.45. The molecular formula is C13H11BrO2S. The largest absolute Gasteiger partial charge is 0.481 e. The van der Waals surface area contributed by atoms with E-state index in [-0.39, 0.29) is 0 Å².